The van der Waals surface area contributed by atoms with Gasteiger partial charge in [0.25, 0.3) is 0 Å². The van der Waals surface area contributed by atoms with Crippen LogP contribution in [-0.2, 0) is 115 Å². The molecule has 7 aromatic rings. The molecular formula is C92H115F3N18O18S. The van der Waals surface area contributed by atoms with Crippen molar-refractivity contribution in [1.82, 2.24) is 77.3 Å². The van der Waals surface area contributed by atoms with Gasteiger partial charge in [-0.2, -0.15) is 0 Å². The molecule has 0 bridgehead atoms. The number of nitrogens with zero attached hydrogens (tertiary/aromatic N) is 5. The standard InChI is InChI=1S/C92H115F3N18O18S/c1-9-10-27-72-90(129)110(5)49-78(119)102-68(45-75(97)116)86(125)108-81(52(2)3)92(131)112(7)73(42-53-20-13-11-14-21-53)87(126)106-69(40-56-30-34-60(115)35-31-56)88(127)109(4)48-77(118)101-67(44-58-46-99-64-25-18-17-24-61(58)64)85(124)105-66(39-55-28-32-59(114)33-29-55)84(123)104-65(26-19-36-96)83(122)107-71(82(121)100-47-76(98)117)50-132-51-79(120)103-70(41-57-37-62(93)80(95)63(94)38-57)89(128)113(8)74(91(130)111(72)6)43-54-22-15-12-16-23-54/h11-18,20-25,28-35,37-38,46,52,65-74,81,99,114-115H,9-10,19,26-27,36,39-45,47-51,96H2,1-8H3,(H2,97,116)(H2,98,117)(H,100,121)(H,101,118)(H,102,119)(H,103,120)(H,104,123)(H,105,124)(H,106,126)(H,107,122)(H,108,125)/t65-,66-,67-,68-,69-,70-,71-,72-,73-,74-,81-/m0/s1. The fraction of sp³-hybridized carbons (Fsp3) is 0.413. The van der Waals surface area contributed by atoms with Crippen molar-refractivity contribution in [3.63, 3.8) is 0 Å². The van der Waals surface area contributed by atoms with Crippen LogP contribution in [0.4, 0.5) is 13.2 Å². The topological polar surface area (TPSA) is 532 Å². The number of phenolic OH excluding ortho intramolecular Hbond substituents is 2. The fourth-order valence-electron chi connectivity index (χ4n) is 15.0. The molecule has 36 nitrogen and oxygen atoms in total. The summed E-state index contributed by atoms with van der Waals surface area (Å²) in [4.78, 5) is 243. The number of unbranched alkanes of at least 4 members (excludes halogenated alkanes) is 1. The largest absolute Gasteiger partial charge is 0.508 e. The molecule has 6 aromatic carbocycles. The van der Waals surface area contributed by atoms with Crippen molar-refractivity contribution in [3.8, 4) is 11.5 Å². The summed E-state index contributed by atoms with van der Waals surface area (Å²) in [6, 6.07) is 17.7. The second-order valence-corrected chi connectivity index (χ2v) is 33.9. The minimum atomic E-state index is -1.88. The van der Waals surface area contributed by atoms with E-state index in [9.17, 15) is 53.0 Å². The van der Waals surface area contributed by atoms with Crippen LogP contribution >= 0.6 is 11.8 Å². The number of benzene rings is 6. The molecule has 132 heavy (non-hydrogen) atoms. The minimum absolute atomic E-state index is 0.0273. The average molecular weight is 1850 g/mol. The molecule has 11 atom stereocenters. The number of para-hydroxylation sites is 1. The van der Waals surface area contributed by atoms with Crippen molar-refractivity contribution >= 4 is 117 Å². The van der Waals surface area contributed by atoms with Gasteiger partial charge in [0.05, 0.1) is 31.8 Å². The van der Waals surface area contributed by atoms with Gasteiger partial charge in [0.2, 0.25) is 94.5 Å². The van der Waals surface area contributed by atoms with E-state index in [1.54, 1.807) is 112 Å². The first-order chi connectivity index (χ1) is 62.7. The number of likely N-dealkylation sites (N-methyl/N-ethyl adjacent to an activating group) is 5. The zero-order valence-corrected chi connectivity index (χ0v) is 75.3. The first-order valence-electron chi connectivity index (χ1n) is 42.9. The van der Waals surface area contributed by atoms with Gasteiger partial charge in [0.1, 0.15) is 78.0 Å². The van der Waals surface area contributed by atoms with Crippen LogP contribution in [0.2, 0.25) is 0 Å². The third-order valence-corrected chi connectivity index (χ3v) is 23.3. The highest BCUT2D eigenvalue weighted by atomic mass is 32.2. The number of H-pyrrole nitrogens is 1. The predicted octanol–water partition coefficient (Wildman–Crippen LogP) is 0.837. The number of thioether (sulfide) groups is 1. The zero-order valence-electron chi connectivity index (χ0n) is 74.5. The number of aromatic amines is 1. The van der Waals surface area contributed by atoms with Gasteiger partial charge in [0.15, 0.2) is 17.5 Å². The van der Waals surface area contributed by atoms with Gasteiger partial charge in [-0.1, -0.05) is 137 Å². The third kappa shape index (κ3) is 30.3. The number of hydrogen-bond donors (Lipinski definition) is 15. The molecule has 0 saturated carbocycles. The fourth-order valence-corrected chi connectivity index (χ4v) is 15.8. The number of nitrogens with two attached hydrogens (primary N) is 3. The van der Waals surface area contributed by atoms with Gasteiger partial charge in [-0.25, -0.2) is 13.2 Å². The molecule has 1 aliphatic rings. The Hall–Kier alpha value is -13.9. The summed E-state index contributed by atoms with van der Waals surface area (Å²) in [5, 5.41) is 44.6. The van der Waals surface area contributed by atoms with Gasteiger partial charge in [-0.15, -0.1) is 11.8 Å². The van der Waals surface area contributed by atoms with Crippen LogP contribution in [0.1, 0.15) is 92.7 Å². The maximum atomic E-state index is 15.5. The van der Waals surface area contributed by atoms with Crippen LogP contribution in [-0.4, -0.2) is 274 Å². The number of rotatable bonds is 24. The lowest BCUT2D eigenvalue weighted by molar-refractivity contribution is -0.151. The summed E-state index contributed by atoms with van der Waals surface area (Å²) in [5.74, 6) is -23.6. The highest BCUT2D eigenvalue weighted by Gasteiger charge is 2.42. The van der Waals surface area contributed by atoms with E-state index in [1.165, 1.54) is 83.8 Å². The molecule has 708 valence electrons. The summed E-state index contributed by atoms with van der Waals surface area (Å²) >= 11 is 0.655. The molecule has 0 spiro atoms. The van der Waals surface area contributed by atoms with Crippen molar-refractivity contribution in [2.24, 2.45) is 23.1 Å². The minimum Gasteiger partial charge on any atom is -0.508 e. The van der Waals surface area contributed by atoms with Crippen molar-refractivity contribution in [2.75, 3.05) is 72.9 Å². The molecule has 40 heteroatoms. The van der Waals surface area contributed by atoms with Gasteiger partial charge in [-0.3, -0.25) is 76.7 Å². The molecule has 18 N–H and O–H groups in total. The van der Waals surface area contributed by atoms with Crippen LogP contribution in [0.3, 0.4) is 0 Å². The Balaban J connectivity index is 1.22. The van der Waals surface area contributed by atoms with Crippen LogP contribution in [0.15, 0.2) is 152 Å². The van der Waals surface area contributed by atoms with Crippen molar-refractivity contribution < 1.29 is 100 Å². The van der Waals surface area contributed by atoms with Gasteiger partial charge >= 0.3 is 0 Å². The summed E-state index contributed by atoms with van der Waals surface area (Å²) in [6.07, 6.45) is -1.09. The number of fused-ring (bicyclic) bond motifs is 1. The molecule has 1 aromatic heterocycles. The van der Waals surface area contributed by atoms with E-state index < -0.39 is 228 Å². The highest BCUT2D eigenvalue weighted by Crippen LogP contribution is 2.25. The highest BCUT2D eigenvalue weighted by molar-refractivity contribution is 8.00. The number of carbonyl (C=O) groups is 16. The summed E-state index contributed by atoms with van der Waals surface area (Å²) < 4.78 is 44.9. The smallest absolute Gasteiger partial charge is 0.246 e. The van der Waals surface area contributed by atoms with Crippen LogP contribution in [0.5, 0.6) is 11.5 Å². The summed E-state index contributed by atoms with van der Waals surface area (Å²) in [7, 11) is 6.16. The molecule has 8 rings (SSSR count). The van der Waals surface area contributed by atoms with Crippen molar-refractivity contribution in [1.29, 1.82) is 0 Å². The first kappa shape index (κ1) is 103. The molecule has 1 aliphatic heterocycles. The Labute approximate surface area is 765 Å². The van der Waals surface area contributed by atoms with E-state index in [0.717, 1.165) is 24.5 Å². The van der Waals surface area contributed by atoms with Gasteiger partial charge in [0, 0.05) is 96.6 Å². The molecule has 16 amide bonds. The van der Waals surface area contributed by atoms with Crippen LogP contribution in [0.25, 0.3) is 10.9 Å². The molecule has 1 fully saturated rings. The molecule has 0 unspecified atom stereocenters. The Bertz CT molecular complexity index is 5230. The number of nitrogens with one attached hydrogen (secondary N) is 10. The lowest BCUT2D eigenvalue weighted by Crippen LogP contribution is -2.61. The average Bonchev–Trinajstić information content (AvgIpc) is 1.68. The number of carbonyl (C=O) groups excluding carboxylic acids is 16. The zero-order chi connectivity index (χ0) is 96.7. The Kier molecular flexibility index (Phi) is 39.0. The lowest BCUT2D eigenvalue weighted by Gasteiger charge is -2.37. The SMILES string of the molecule is CCCC[C@H]1C(=O)N(C)CC(=O)N[C@@H](CC(N)=O)C(=O)N[C@@H](C(C)C)C(=O)N(C)[C@@H](Cc2ccccc2)C(=O)N[C@@H](Cc2ccc(O)cc2)C(=O)N(C)CC(=O)N[C@@H](Cc2c[nH]c3ccccc23)C(=O)N[C@@H](Cc2ccc(O)cc2)C(=O)N[C@@H](CCCN)C(=O)N[C@H](C(=O)NCC(N)=O)CSCC(=O)N[C@@H](Cc2cc(F)c(F)c(F)c2)C(=O)N(C)[C@@H](Cc2ccccc2)C(=O)N1C. The predicted molar refractivity (Wildman–Crippen MR) is 482 cm³/mol. The van der Waals surface area contributed by atoms with E-state index in [-0.39, 0.29) is 81.4 Å². The maximum Gasteiger partial charge on any atom is 0.246 e. The Morgan fingerprint density at radius 1 is 0.470 bits per heavy atom. The number of halogens is 3. The first-order valence-corrected chi connectivity index (χ1v) is 44.0. The second-order valence-electron chi connectivity index (χ2n) is 32.8. The number of aromatic nitrogens is 1. The number of phenols is 2. The van der Waals surface area contributed by atoms with E-state index in [4.69, 9.17) is 17.2 Å². The molecular weight excluding hydrogens is 1730 g/mol. The Morgan fingerprint density at radius 2 is 0.939 bits per heavy atom. The van der Waals surface area contributed by atoms with E-state index >= 15 is 47.1 Å². The molecule has 0 radical (unpaired) electrons. The third-order valence-electron chi connectivity index (χ3n) is 22.3. The second kappa shape index (κ2) is 49.7. The summed E-state index contributed by atoms with van der Waals surface area (Å²) in [5.41, 5.74) is 19.5. The number of primary amides is 2. The van der Waals surface area contributed by atoms with Crippen molar-refractivity contribution in [3.05, 3.63) is 203 Å². The number of amides is 16. The van der Waals surface area contributed by atoms with Crippen LogP contribution in [0, 0.1) is 23.4 Å². The van der Waals surface area contributed by atoms with Crippen molar-refractivity contribution in [2.45, 2.75) is 164 Å². The van der Waals surface area contributed by atoms with Gasteiger partial charge in [-0.05, 0) is 108 Å². The Morgan fingerprint density at radius 3 is 1.50 bits per heavy atom. The molecule has 0 aliphatic carbocycles. The number of aromatic hydroxyl groups is 2. The molecule has 1 saturated heterocycles. The molecule has 2 heterocycles. The maximum absolute atomic E-state index is 15.5. The van der Waals surface area contributed by atoms with Crippen LogP contribution < -0.4 is 65.1 Å². The number of hydrogen-bond acceptors (Lipinski definition) is 20. The van der Waals surface area contributed by atoms with E-state index in [0.29, 0.717) is 69.0 Å². The van der Waals surface area contributed by atoms with Gasteiger partial charge < -0.3 is 105 Å². The lowest BCUT2D eigenvalue weighted by atomic mass is 9.98. The summed E-state index contributed by atoms with van der Waals surface area (Å²) in [6.45, 7) is 2.37. The quantitative estimate of drug-likeness (QED) is 0.0373. The monoisotopic (exact) mass is 1850 g/mol. The van der Waals surface area contributed by atoms with E-state index in [2.05, 4.69) is 52.8 Å². The van der Waals surface area contributed by atoms with E-state index in [1.807, 2.05) is 0 Å². The normalized spacial score (nSPS) is 21.7.